The number of likely N-dealkylation sites (tertiary alicyclic amines) is 1. The van der Waals surface area contributed by atoms with Crippen molar-refractivity contribution in [1.82, 2.24) is 24.8 Å². The Hall–Kier alpha value is -3.54. The highest BCUT2D eigenvalue weighted by Crippen LogP contribution is 2.31. The van der Waals surface area contributed by atoms with Gasteiger partial charge in [-0.2, -0.15) is 0 Å². The third-order valence-corrected chi connectivity index (χ3v) is 7.24. The Balaban J connectivity index is 1.56. The first-order chi connectivity index (χ1) is 16.8. The van der Waals surface area contributed by atoms with E-state index in [9.17, 15) is 13.2 Å². The number of benzene rings is 2. The highest BCUT2D eigenvalue weighted by molar-refractivity contribution is 7.89. The van der Waals surface area contributed by atoms with E-state index in [2.05, 4.69) is 10.2 Å². The van der Waals surface area contributed by atoms with Gasteiger partial charge in [-0.1, -0.05) is 18.6 Å². The summed E-state index contributed by atoms with van der Waals surface area (Å²) in [5.41, 5.74) is 9.38. The largest absolute Gasteiger partial charge is 0.384 e. The van der Waals surface area contributed by atoms with Gasteiger partial charge < -0.3 is 16.0 Å². The van der Waals surface area contributed by atoms with Gasteiger partial charge in [-0.25, -0.2) is 23.5 Å². The lowest BCUT2D eigenvalue weighted by Crippen LogP contribution is -2.37. The molecule has 1 aliphatic rings. The van der Waals surface area contributed by atoms with Crippen LogP contribution >= 0.6 is 0 Å². The van der Waals surface area contributed by atoms with Gasteiger partial charge in [0.25, 0.3) is 5.91 Å². The van der Waals surface area contributed by atoms with Crippen LogP contribution in [-0.2, 0) is 10.0 Å². The predicted octanol–water partition coefficient (Wildman–Crippen LogP) is 2.02. The Morgan fingerprint density at radius 2 is 1.63 bits per heavy atom. The van der Waals surface area contributed by atoms with Gasteiger partial charge in [0, 0.05) is 18.8 Å². The molecule has 3 heterocycles. The van der Waals surface area contributed by atoms with E-state index in [1.807, 2.05) is 24.3 Å². The number of primary sulfonamides is 1. The van der Waals surface area contributed by atoms with Crippen LogP contribution in [0.3, 0.4) is 0 Å². The number of hydrogen-bond acceptors (Lipinski definition) is 7. The third-order valence-electron chi connectivity index (χ3n) is 6.31. The molecule has 4 aromatic rings. The quantitative estimate of drug-likeness (QED) is 0.372. The number of nitrogens with two attached hydrogens (primary N) is 2. The predicted molar refractivity (Wildman–Crippen MR) is 135 cm³/mol. The van der Waals surface area contributed by atoms with Gasteiger partial charge in [0.2, 0.25) is 10.0 Å². The second-order valence-corrected chi connectivity index (χ2v) is 10.2. The summed E-state index contributed by atoms with van der Waals surface area (Å²) in [6.07, 6.45) is 3.62. The summed E-state index contributed by atoms with van der Waals surface area (Å²) in [5.74, 6) is -0.150. The molecular formula is C24H27N7O3S. The van der Waals surface area contributed by atoms with Gasteiger partial charge in [0.15, 0.2) is 5.65 Å². The molecule has 10 nitrogen and oxygen atoms in total. The average Bonchev–Trinajstić information content (AvgIpc) is 3.13. The maximum Gasteiger partial charge on any atom is 0.257 e. The maximum absolute atomic E-state index is 13.3. The number of fused-ring (bicyclic) bond motifs is 2. The molecule has 2 aromatic heterocycles. The molecule has 0 aliphatic carbocycles. The van der Waals surface area contributed by atoms with Crippen molar-refractivity contribution in [3.8, 4) is 5.69 Å². The van der Waals surface area contributed by atoms with E-state index >= 15 is 0 Å². The van der Waals surface area contributed by atoms with Crippen LogP contribution in [-0.4, -0.2) is 59.9 Å². The zero-order valence-electron chi connectivity index (χ0n) is 19.1. The van der Waals surface area contributed by atoms with Gasteiger partial charge in [0.1, 0.15) is 16.9 Å². The molecule has 1 saturated heterocycles. The molecule has 0 spiro atoms. The van der Waals surface area contributed by atoms with Crippen molar-refractivity contribution in [2.75, 3.05) is 31.9 Å². The summed E-state index contributed by atoms with van der Waals surface area (Å²) in [4.78, 5) is 25.1. The number of piperidine rings is 1. The van der Waals surface area contributed by atoms with Gasteiger partial charge in [0.05, 0.1) is 15.9 Å². The maximum atomic E-state index is 13.3. The Bertz CT molecular complexity index is 1510. The molecule has 1 fully saturated rings. The first-order valence-electron chi connectivity index (χ1n) is 11.5. The Morgan fingerprint density at radius 1 is 0.971 bits per heavy atom. The van der Waals surface area contributed by atoms with Gasteiger partial charge in [-0.15, -0.1) is 0 Å². The van der Waals surface area contributed by atoms with E-state index in [0.29, 0.717) is 34.4 Å². The fraction of sp³-hybridized carbons (Fsp3) is 0.292. The molecule has 0 radical (unpaired) electrons. The number of nitrogens with zero attached hydrogens (tertiary/aromatic N) is 4. The number of rotatable bonds is 6. The summed E-state index contributed by atoms with van der Waals surface area (Å²) >= 11 is 0. The number of nitrogen functional groups attached to an aromatic ring is 1. The molecule has 0 saturated carbocycles. The van der Waals surface area contributed by atoms with E-state index in [1.165, 1.54) is 31.4 Å². The first-order valence-corrected chi connectivity index (χ1v) is 13.1. The second-order valence-electron chi connectivity index (χ2n) is 8.68. The van der Waals surface area contributed by atoms with Crippen LogP contribution in [0.15, 0.2) is 53.4 Å². The number of sulfonamides is 1. The number of hydrogen-bond donors (Lipinski definition) is 3. The SMILES string of the molecule is Nc1c(C(=O)NCCN2CCCCC2)c2nc3ccccc3nc2n1-c1ccc(S(N)(=O)=O)cc1. The van der Waals surface area contributed by atoms with Crippen LogP contribution in [0, 0.1) is 0 Å². The summed E-state index contributed by atoms with van der Waals surface area (Å²) < 4.78 is 25.0. The highest BCUT2D eigenvalue weighted by Gasteiger charge is 2.25. The first kappa shape index (κ1) is 23.2. The summed E-state index contributed by atoms with van der Waals surface area (Å²) in [6, 6.07) is 13.3. The van der Waals surface area contributed by atoms with Crippen LogP contribution in [0.2, 0.25) is 0 Å². The van der Waals surface area contributed by atoms with Crippen LogP contribution in [0.4, 0.5) is 5.82 Å². The fourth-order valence-electron chi connectivity index (χ4n) is 4.53. The summed E-state index contributed by atoms with van der Waals surface area (Å²) in [6.45, 7) is 3.36. The lowest BCUT2D eigenvalue weighted by atomic mass is 10.1. The van der Waals surface area contributed by atoms with Crippen molar-refractivity contribution in [3.63, 3.8) is 0 Å². The third kappa shape index (κ3) is 4.57. The smallest absolute Gasteiger partial charge is 0.257 e. The van der Waals surface area contributed by atoms with Crippen LogP contribution in [0.1, 0.15) is 29.6 Å². The van der Waals surface area contributed by atoms with Crippen LogP contribution < -0.4 is 16.2 Å². The van der Waals surface area contributed by atoms with Crippen molar-refractivity contribution in [2.24, 2.45) is 5.14 Å². The molecule has 0 bridgehead atoms. The van der Waals surface area contributed by atoms with Gasteiger partial charge in [-0.3, -0.25) is 9.36 Å². The standard InChI is InChI=1S/C24H27N7O3S/c25-22-20(24(32)27-12-15-30-13-4-1-5-14-30)21-23(29-19-7-3-2-6-18(19)28-21)31(22)16-8-10-17(11-9-16)35(26,33)34/h2-3,6-11H,1,4-5,12-15,25H2,(H,27,32)(H2,26,33,34). The van der Waals surface area contributed by atoms with Gasteiger partial charge >= 0.3 is 0 Å². The highest BCUT2D eigenvalue weighted by atomic mass is 32.2. The fourth-order valence-corrected chi connectivity index (χ4v) is 5.05. The van der Waals surface area contributed by atoms with E-state index in [-0.39, 0.29) is 22.2 Å². The molecule has 0 atom stereocenters. The molecule has 0 unspecified atom stereocenters. The molecule has 182 valence electrons. The Morgan fingerprint density at radius 3 is 2.29 bits per heavy atom. The number of amides is 1. The van der Waals surface area contributed by atoms with Crippen LogP contribution in [0.5, 0.6) is 0 Å². The number of aromatic nitrogens is 3. The summed E-state index contributed by atoms with van der Waals surface area (Å²) in [5, 5.41) is 8.22. The normalized spacial score (nSPS) is 15.0. The molecule has 2 aromatic carbocycles. The molecule has 1 aliphatic heterocycles. The molecule has 5 rings (SSSR count). The zero-order chi connectivity index (χ0) is 24.6. The molecule has 1 amide bonds. The lowest BCUT2D eigenvalue weighted by Gasteiger charge is -2.26. The minimum Gasteiger partial charge on any atom is -0.384 e. The number of para-hydroxylation sites is 2. The molecular weight excluding hydrogens is 466 g/mol. The number of carbonyl (C=O) groups excluding carboxylic acids is 1. The van der Waals surface area contributed by atoms with Crippen molar-refractivity contribution < 1.29 is 13.2 Å². The topological polar surface area (TPSA) is 149 Å². The zero-order valence-corrected chi connectivity index (χ0v) is 20.0. The average molecular weight is 494 g/mol. The van der Waals surface area contributed by atoms with Gasteiger partial charge in [-0.05, 0) is 62.3 Å². The van der Waals surface area contributed by atoms with E-state index in [4.69, 9.17) is 20.8 Å². The number of carbonyl (C=O) groups is 1. The van der Waals surface area contributed by atoms with E-state index < -0.39 is 10.0 Å². The minimum atomic E-state index is -3.85. The van der Waals surface area contributed by atoms with Crippen LogP contribution in [0.25, 0.3) is 27.9 Å². The lowest BCUT2D eigenvalue weighted by molar-refractivity contribution is 0.0949. The monoisotopic (exact) mass is 493 g/mol. The number of nitrogens with one attached hydrogen (secondary N) is 1. The van der Waals surface area contributed by atoms with Crippen molar-refractivity contribution >= 4 is 43.9 Å². The number of anilines is 1. The van der Waals surface area contributed by atoms with Crippen molar-refractivity contribution in [3.05, 3.63) is 54.1 Å². The summed E-state index contributed by atoms with van der Waals surface area (Å²) in [7, 11) is -3.85. The second kappa shape index (κ2) is 9.25. The molecule has 5 N–H and O–H groups in total. The van der Waals surface area contributed by atoms with E-state index in [1.54, 1.807) is 16.7 Å². The van der Waals surface area contributed by atoms with Crippen molar-refractivity contribution in [1.29, 1.82) is 0 Å². The Labute approximate surface area is 203 Å². The van der Waals surface area contributed by atoms with Crippen molar-refractivity contribution in [2.45, 2.75) is 24.2 Å². The minimum absolute atomic E-state index is 0.0245. The van der Waals surface area contributed by atoms with E-state index in [0.717, 1.165) is 19.6 Å². The Kier molecular flexibility index (Phi) is 6.13. The molecule has 35 heavy (non-hydrogen) atoms. The molecule has 11 heteroatoms.